The third-order valence-corrected chi connectivity index (χ3v) is 6.31. The van der Waals surface area contributed by atoms with Crippen molar-refractivity contribution in [3.8, 4) is 0 Å². The van der Waals surface area contributed by atoms with Crippen LogP contribution in [0.25, 0.3) is 0 Å². The second-order valence-electron chi connectivity index (χ2n) is 7.43. The first-order valence-corrected chi connectivity index (χ1v) is 10.9. The van der Waals surface area contributed by atoms with Gasteiger partial charge in [0.25, 0.3) is 0 Å². The number of nitrogens with one attached hydrogen (secondary N) is 1. The van der Waals surface area contributed by atoms with Gasteiger partial charge >= 0.3 is 6.09 Å². The summed E-state index contributed by atoms with van der Waals surface area (Å²) in [5.74, 6) is -0.259. The van der Waals surface area contributed by atoms with Crippen molar-refractivity contribution in [3.05, 3.63) is 94.2 Å². The number of carbonyl (C=O) groups excluding carboxylic acids is 2. The summed E-state index contributed by atoms with van der Waals surface area (Å²) < 4.78 is 5.33. The molecule has 3 aromatic rings. The van der Waals surface area contributed by atoms with Gasteiger partial charge in [-0.25, -0.2) is 4.79 Å². The molecule has 154 valence electrons. The van der Waals surface area contributed by atoms with E-state index in [2.05, 4.69) is 5.32 Å². The third kappa shape index (κ3) is 4.39. The molecule has 30 heavy (non-hydrogen) atoms. The number of benzene rings is 2. The maximum absolute atomic E-state index is 13.0. The lowest BCUT2D eigenvalue weighted by molar-refractivity contribution is -0.159. The van der Waals surface area contributed by atoms with Crippen molar-refractivity contribution in [1.29, 1.82) is 0 Å². The Bertz CT molecular complexity index is 976. The van der Waals surface area contributed by atoms with Crippen LogP contribution in [0, 0.1) is 5.92 Å². The molecule has 4 rings (SSSR count). The van der Waals surface area contributed by atoms with Crippen LogP contribution >= 0.6 is 11.3 Å². The van der Waals surface area contributed by atoms with Gasteiger partial charge in [0.1, 0.15) is 6.61 Å². The predicted molar refractivity (Wildman–Crippen MR) is 117 cm³/mol. The van der Waals surface area contributed by atoms with Gasteiger partial charge in [0.2, 0.25) is 5.91 Å². The molecule has 2 aromatic carbocycles. The van der Waals surface area contributed by atoms with Gasteiger partial charge in [0.05, 0.1) is 12.0 Å². The SMILES string of the molecule is C[C@H](NC(=O)OCc1ccccc1)[C@@H]1C(=O)N(Cc2ccccc2)[C@H]1c1cccs1. The van der Waals surface area contributed by atoms with Crippen LogP contribution in [0.4, 0.5) is 4.79 Å². The average molecular weight is 421 g/mol. The van der Waals surface area contributed by atoms with Crippen LogP contribution in [0.5, 0.6) is 0 Å². The van der Waals surface area contributed by atoms with Gasteiger partial charge in [0.15, 0.2) is 0 Å². The van der Waals surface area contributed by atoms with Crippen molar-refractivity contribution < 1.29 is 14.3 Å². The summed E-state index contributed by atoms with van der Waals surface area (Å²) >= 11 is 1.63. The highest BCUT2D eigenvalue weighted by Crippen LogP contribution is 2.44. The second kappa shape index (κ2) is 9.13. The molecule has 0 bridgehead atoms. The van der Waals surface area contributed by atoms with Crippen LogP contribution in [-0.4, -0.2) is 22.9 Å². The topological polar surface area (TPSA) is 58.6 Å². The predicted octanol–water partition coefficient (Wildman–Crippen LogP) is 4.76. The smallest absolute Gasteiger partial charge is 0.407 e. The molecule has 0 aliphatic carbocycles. The van der Waals surface area contributed by atoms with Crippen LogP contribution in [-0.2, 0) is 22.7 Å². The quantitative estimate of drug-likeness (QED) is 0.561. The molecule has 1 fully saturated rings. The molecule has 2 amide bonds. The molecule has 0 unspecified atom stereocenters. The van der Waals surface area contributed by atoms with E-state index in [-0.39, 0.29) is 30.5 Å². The van der Waals surface area contributed by atoms with Crippen LogP contribution < -0.4 is 5.32 Å². The standard InChI is InChI=1S/C24H24N2O3S/c1-17(25-24(28)29-16-19-11-6-3-7-12-19)21-22(20-13-8-14-30-20)26(23(21)27)15-18-9-4-2-5-10-18/h2-14,17,21-22H,15-16H2,1H3,(H,25,28)/t17-,21-,22-/m0/s1. The number of carbonyl (C=O) groups is 2. The van der Waals surface area contributed by atoms with Gasteiger partial charge < -0.3 is 15.0 Å². The Labute approximate surface area is 180 Å². The molecule has 0 saturated carbocycles. The van der Waals surface area contributed by atoms with Gasteiger partial charge in [-0.2, -0.15) is 0 Å². The molecule has 2 heterocycles. The van der Waals surface area contributed by atoms with Gasteiger partial charge in [-0.1, -0.05) is 66.7 Å². The Morgan fingerprint density at radius 1 is 1.03 bits per heavy atom. The van der Waals surface area contributed by atoms with Crippen LogP contribution in [0.3, 0.4) is 0 Å². The average Bonchev–Trinajstić information content (AvgIpc) is 3.29. The molecule has 1 N–H and O–H groups in total. The first kappa shape index (κ1) is 20.2. The summed E-state index contributed by atoms with van der Waals surface area (Å²) in [7, 11) is 0. The van der Waals surface area contributed by atoms with E-state index in [9.17, 15) is 9.59 Å². The summed E-state index contributed by atoms with van der Waals surface area (Å²) in [5, 5.41) is 4.87. The van der Waals surface area contributed by atoms with Crippen molar-refractivity contribution >= 4 is 23.3 Å². The summed E-state index contributed by atoms with van der Waals surface area (Å²) in [4.78, 5) is 28.3. The summed E-state index contributed by atoms with van der Waals surface area (Å²) in [5.41, 5.74) is 2.01. The number of hydrogen-bond acceptors (Lipinski definition) is 4. The van der Waals surface area contributed by atoms with Crippen molar-refractivity contribution in [1.82, 2.24) is 10.2 Å². The number of nitrogens with zero attached hydrogens (tertiary/aromatic N) is 1. The lowest BCUT2D eigenvalue weighted by atomic mass is 9.80. The van der Waals surface area contributed by atoms with Crippen LogP contribution in [0.15, 0.2) is 78.2 Å². The Morgan fingerprint density at radius 2 is 1.70 bits per heavy atom. The number of amides is 2. The highest BCUT2D eigenvalue weighted by Gasteiger charge is 2.51. The molecule has 1 aromatic heterocycles. The van der Waals surface area contributed by atoms with Gasteiger partial charge in [0, 0.05) is 17.5 Å². The van der Waals surface area contributed by atoms with E-state index in [1.165, 1.54) is 0 Å². The summed E-state index contributed by atoms with van der Waals surface area (Å²) in [6, 6.07) is 23.1. The van der Waals surface area contributed by atoms with Crippen molar-refractivity contribution in [2.45, 2.75) is 32.2 Å². The number of hydrogen-bond donors (Lipinski definition) is 1. The number of ether oxygens (including phenoxy) is 1. The van der Waals surface area contributed by atoms with Crippen molar-refractivity contribution in [2.24, 2.45) is 5.92 Å². The number of likely N-dealkylation sites (tertiary alicyclic amines) is 1. The second-order valence-corrected chi connectivity index (χ2v) is 8.41. The van der Waals surface area contributed by atoms with Crippen LogP contribution in [0.1, 0.15) is 29.0 Å². The third-order valence-electron chi connectivity index (χ3n) is 5.37. The normalized spacial score (nSPS) is 19.1. The molecule has 0 spiro atoms. The number of β-lactam (4-membered cyclic amide) rings is 1. The lowest BCUT2D eigenvalue weighted by Crippen LogP contribution is -2.61. The van der Waals surface area contributed by atoms with E-state index >= 15 is 0 Å². The van der Waals surface area contributed by atoms with E-state index < -0.39 is 6.09 Å². The highest BCUT2D eigenvalue weighted by molar-refractivity contribution is 7.10. The van der Waals surface area contributed by atoms with Gasteiger partial charge in [-0.05, 0) is 29.5 Å². The Hall–Kier alpha value is -3.12. The fourth-order valence-corrected chi connectivity index (χ4v) is 4.73. The van der Waals surface area contributed by atoms with Crippen molar-refractivity contribution in [3.63, 3.8) is 0 Å². The minimum atomic E-state index is -0.509. The number of rotatable bonds is 7. The number of alkyl carbamates (subject to hydrolysis) is 1. The molecule has 6 heteroatoms. The maximum atomic E-state index is 13.0. The lowest BCUT2D eigenvalue weighted by Gasteiger charge is -2.49. The van der Waals surface area contributed by atoms with E-state index in [0.717, 1.165) is 16.0 Å². The molecule has 5 nitrogen and oxygen atoms in total. The van der Waals surface area contributed by atoms with E-state index in [1.54, 1.807) is 11.3 Å². The number of thiophene rings is 1. The largest absolute Gasteiger partial charge is 0.445 e. The van der Waals surface area contributed by atoms with Crippen molar-refractivity contribution in [2.75, 3.05) is 0 Å². The molecule has 0 radical (unpaired) electrons. The first-order chi connectivity index (χ1) is 14.6. The van der Waals surface area contributed by atoms with E-state index in [0.29, 0.717) is 6.54 Å². The fourth-order valence-electron chi connectivity index (χ4n) is 3.85. The minimum Gasteiger partial charge on any atom is -0.445 e. The zero-order valence-corrected chi connectivity index (χ0v) is 17.5. The zero-order chi connectivity index (χ0) is 20.9. The van der Waals surface area contributed by atoms with E-state index in [1.807, 2.05) is 90.0 Å². The molecule has 1 saturated heterocycles. The molecular formula is C24H24N2O3S. The highest BCUT2D eigenvalue weighted by atomic mass is 32.1. The van der Waals surface area contributed by atoms with Gasteiger partial charge in [-0.15, -0.1) is 11.3 Å². The minimum absolute atomic E-state index is 0.0492. The zero-order valence-electron chi connectivity index (χ0n) is 16.7. The van der Waals surface area contributed by atoms with Crippen LogP contribution in [0.2, 0.25) is 0 Å². The molecule has 1 aliphatic rings. The molecule has 1 aliphatic heterocycles. The molecular weight excluding hydrogens is 396 g/mol. The Balaban J connectivity index is 1.41. The maximum Gasteiger partial charge on any atom is 0.407 e. The monoisotopic (exact) mass is 420 g/mol. The first-order valence-electron chi connectivity index (χ1n) is 9.98. The summed E-state index contributed by atoms with van der Waals surface area (Å²) in [6.07, 6.45) is -0.509. The summed E-state index contributed by atoms with van der Waals surface area (Å²) in [6.45, 7) is 2.63. The molecule has 3 atom stereocenters. The fraction of sp³-hybridized carbons (Fsp3) is 0.250. The van der Waals surface area contributed by atoms with E-state index in [4.69, 9.17) is 4.74 Å². The Morgan fingerprint density at radius 3 is 2.33 bits per heavy atom. The van der Waals surface area contributed by atoms with Gasteiger partial charge in [-0.3, -0.25) is 4.79 Å². The Kier molecular flexibility index (Phi) is 6.14.